The summed E-state index contributed by atoms with van der Waals surface area (Å²) in [6.07, 6.45) is 0. The molecule has 0 saturated carbocycles. The van der Waals surface area contributed by atoms with Crippen LogP contribution in [0.25, 0.3) is 0 Å². The first-order chi connectivity index (χ1) is 13.8. The Hall–Kier alpha value is -2.95. The molecular formula is C25H28N2O2. The van der Waals surface area contributed by atoms with Gasteiger partial charge in [0, 0.05) is 6.04 Å². The largest absolute Gasteiger partial charge is 0.372 e. The number of rotatable bonds is 6. The van der Waals surface area contributed by atoms with Crippen molar-refractivity contribution >= 4 is 5.91 Å². The van der Waals surface area contributed by atoms with Crippen LogP contribution < -0.4 is 10.9 Å². The van der Waals surface area contributed by atoms with Gasteiger partial charge in [-0.15, -0.1) is 0 Å². The summed E-state index contributed by atoms with van der Waals surface area (Å²) in [6, 6.07) is 22.8. The van der Waals surface area contributed by atoms with Crippen molar-refractivity contribution in [2.75, 3.05) is 0 Å². The zero-order valence-electron chi connectivity index (χ0n) is 17.4. The third kappa shape index (κ3) is 4.56. The van der Waals surface area contributed by atoms with E-state index in [-0.39, 0.29) is 6.04 Å². The van der Waals surface area contributed by atoms with Crippen molar-refractivity contribution < 1.29 is 9.90 Å². The minimum absolute atomic E-state index is 0.113. The summed E-state index contributed by atoms with van der Waals surface area (Å²) in [5, 5.41) is 11.6. The van der Waals surface area contributed by atoms with Crippen LogP contribution in [0.3, 0.4) is 0 Å². The predicted molar refractivity (Wildman–Crippen MR) is 116 cm³/mol. The molecule has 0 aromatic heterocycles. The molecule has 0 saturated heterocycles. The van der Waals surface area contributed by atoms with Crippen LogP contribution in [0, 0.1) is 20.8 Å². The molecule has 0 spiro atoms. The van der Waals surface area contributed by atoms with E-state index < -0.39 is 11.5 Å². The van der Waals surface area contributed by atoms with E-state index >= 15 is 0 Å². The Morgan fingerprint density at radius 2 is 1.31 bits per heavy atom. The molecule has 0 bridgehead atoms. The van der Waals surface area contributed by atoms with Crippen LogP contribution in [0.4, 0.5) is 0 Å². The van der Waals surface area contributed by atoms with Gasteiger partial charge in [-0.05, 0) is 44.4 Å². The summed E-state index contributed by atoms with van der Waals surface area (Å²) >= 11 is 0. The summed E-state index contributed by atoms with van der Waals surface area (Å²) < 4.78 is 0. The molecule has 0 fully saturated rings. The molecule has 0 aliphatic heterocycles. The van der Waals surface area contributed by atoms with Gasteiger partial charge in [-0.2, -0.15) is 0 Å². The number of amides is 1. The van der Waals surface area contributed by atoms with Gasteiger partial charge < -0.3 is 5.11 Å². The molecule has 0 aliphatic rings. The first kappa shape index (κ1) is 20.8. The Balaban J connectivity index is 1.91. The van der Waals surface area contributed by atoms with Crippen LogP contribution in [0.15, 0.2) is 72.8 Å². The Bertz CT molecular complexity index is 967. The second-order valence-corrected chi connectivity index (χ2v) is 7.68. The van der Waals surface area contributed by atoms with E-state index in [4.69, 9.17) is 0 Å². The van der Waals surface area contributed by atoms with Crippen molar-refractivity contribution in [3.8, 4) is 0 Å². The molecule has 1 atom stereocenters. The van der Waals surface area contributed by atoms with Gasteiger partial charge >= 0.3 is 0 Å². The highest BCUT2D eigenvalue weighted by Gasteiger charge is 2.40. The lowest BCUT2D eigenvalue weighted by molar-refractivity contribution is -0.138. The lowest BCUT2D eigenvalue weighted by Crippen LogP contribution is -2.51. The van der Waals surface area contributed by atoms with Gasteiger partial charge in [0.05, 0.1) is 0 Å². The molecule has 4 heteroatoms. The van der Waals surface area contributed by atoms with Crippen molar-refractivity contribution in [1.29, 1.82) is 0 Å². The van der Waals surface area contributed by atoms with E-state index in [9.17, 15) is 9.90 Å². The molecule has 150 valence electrons. The molecule has 0 aliphatic carbocycles. The molecule has 4 nitrogen and oxygen atoms in total. The van der Waals surface area contributed by atoms with Crippen molar-refractivity contribution in [1.82, 2.24) is 10.9 Å². The molecule has 0 unspecified atom stereocenters. The zero-order chi connectivity index (χ0) is 21.0. The van der Waals surface area contributed by atoms with Crippen molar-refractivity contribution in [2.24, 2.45) is 0 Å². The number of aliphatic hydroxyl groups is 1. The summed E-state index contributed by atoms with van der Waals surface area (Å²) in [7, 11) is 0. The Labute approximate surface area is 172 Å². The number of hydrogen-bond donors (Lipinski definition) is 3. The fraction of sp³-hybridized carbons (Fsp3) is 0.240. The molecular weight excluding hydrogens is 360 g/mol. The summed E-state index contributed by atoms with van der Waals surface area (Å²) in [5.74, 6) is -0.520. The van der Waals surface area contributed by atoms with E-state index in [1.165, 1.54) is 0 Å². The van der Waals surface area contributed by atoms with Crippen LogP contribution >= 0.6 is 0 Å². The van der Waals surface area contributed by atoms with Crippen molar-refractivity contribution in [2.45, 2.75) is 39.3 Å². The first-order valence-electron chi connectivity index (χ1n) is 9.80. The molecule has 3 aromatic carbocycles. The monoisotopic (exact) mass is 388 g/mol. The van der Waals surface area contributed by atoms with Gasteiger partial charge in [0.1, 0.15) is 0 Å². The SMILES string of the molecule is Cc1cccc([C@@H](C)NNC(=O)C(O)(c2cccc(C)c2)c2cccc(C)c2)c1. The number of benzene rings is 3. The normalized spacial score (nSPS) is 12.4. The van der Waals surface area contributed by atoms with Gasteiger partial charge in [0.2, 0.25) is 0 Å². The fourth-order valence-corrected chi connectivity index (χ4v) is 3.46. The first-order valence-corrected chi connectivity index (χ1v) is 9.80. The lowest BCUT2D eigenvalue weighted by Gasteiger charge is -2.29. The van der Waals surface area contributed by atoms with Crippen LogP contribution in [0.1, 0.15) is 46.3 Å². The number of hydrogen-bond acceptors (Lipinski definition) is 3. The topological polar surface area (TPSA) is 61.4 Å². The van der Waals surface area contributed by atoms with E-state index in [1.54, 1.807) is 12.1 Å². The summed E-state index contributed by atoms with van der Waals surface area (Å²) in [6.45, 7) is 7.88. The highest BCUT2D eigenvalue weighted by atomic mass is 16.3. The fourth-order valence-electron chi connectivity index (χ4n) is 3.46. The van der Waals surface area contributed by atoms with E-state index in [1.807, 2.05) is 82.3 Å². The predicted octanol–water partition coefficient (Wildman–Crippen LogP) is 4.23. The van der Waals surface area contributed by atoms with Crippen LogP contribution in [-0.2, 0) is 10.4 Å². The minimum atomic E-state index is -1.81. The van der Waals surface area contributed by atoms with Crippen molar-refractivity contribution in [3.63, 3.8) is 0 Å². The number of aryl methyl sites for hydroxylation is 3. The summed E-state index contributed by atoms with van der Waals surface area (Å²) in [5.41, 5.74) is 9.19. The maximum atomic E-state index is 13.3. The average Bonchev–Trinajstić information content (AvgIpc) is 2.71. The van der Waals surface area contributed by atoms with E-state index in [2.05, 4.69) is 16.9 Å². The van der Waals surface area contributed by atoms with Crippen LogP contribution in [-0.4, -0.2) is 11.0 Å². The summed E-state index contributed by atoms with van der Waals surface area (Å²) in [4.78, 5) is 13.3. The van der Waals surface area contributed by atoms with Crippen LogP contribution in [0.5, 0.6) is 0 Å². The van der Waals surface area contributed by atoms with Gasteiger partial charge in [0.25, 0.3) is 5.91 Å². The molecule has 0 radical (unpaired) electrons. The quantitative estimate of drug-likeness (QED) is 0.554. The third-order valence-corrected chi connectivity index (χ3v) is 5.14. The van der Waals surface area contributed by atoms with Gasteiger partial charge in [-0.3, -0.25) is 10.2 Å². The lowest BCUT2D eigenvalue weighted by atomic mass is 9.84. The Kier molecular flexibility index (Phi) is 6.16. The van der Waals surface area contributed by atoms with Gasteiger partial charge in [-0.25, -0.2) is 5.43 Å². The molecule has 3 rings (SSSR count). The van der Waals surface area contributed by atoms with Crippen LogP contribution in [0.2, 0.25) is 0 Å². The highest BCUT2D eigenvalue weighted by molar-refractivity contribution is 5.89. The molecule has 29 heavy (non-hydrogen) atoms. The number of carbonyl (C=O) groups excluding carboxylic acids is 1. The zero-order valence-corrected chi connectivity index (χ0v) is 17.4. The maximum Gasteiger partial charge on any atom is 0.275 e. The maximum absolute atomic E-state index is 13.3. The van der Waals surface area contributed by atoms with Gasteiger partial charge in [0.15, 0.2) is 5.60 Å². The standard InChI is InChI=1S/C25H28N2O2/c1-17-8-5-11-21(14-17)20(4)26-27-24(28)25(29,22-12-6-9-18(2)15-22)23-13-7-10-19(3)16-23/h5-16,20,26,29H,1-4H3,(H,27,28)/t20-/m1/s1. The third-order valence-electron chi connectivity index (χ3n) is 5.14. The Morgan fingerprint density at radius 1 is 0.828 bits per heavy atom. The molecule has 1 amide bonds. The molecule has 3 aromatic rings. The second-order valence-electron chi connectivity index (χ2n) is 7.68. The second kappa shape index (κ2) is 8.60. The minimum Gasteiger partial charge on any atom is -0.372 e. The van der Waals surface area contributed by atoms with E-state index in [0.29, 0.717) is 11.1 Å². The Morgan fingerprint density at radius 3 is 1.79 bits per heavy atom. The smallest absolute Gasteiger partial charge is 0.275 e. The number of nitrogens with one attached hydrogen (secondary N) is 2. The highest BCUT2D eigenvalue weighted by Crippen LogP contribution is 2.31. The number of hydrazine groups is 1. The van der Waals surface area contributed by atoms with Gasteiger partial charge in [-0.1, -0.05) is 89.5 Å². The molecule has 3 N–H and O–H groups in total. The average molecular weight is 389 g/mol. The van der Waals surface area contributed by atoms with Crippen molar-refractivity contribution in [3.05, 3.63) is 106 Å². The number of carbonyl (C=O) groups is 1. The van der Waals surface area contributed by atoms with E-state index in [0.717, 1.165) is 22.3 Å². The molecule has 0 heterocycles.